The normalized spacial score (nSPS) is 12.3. The highest BCUT2D eigenvalue weighted by Gasteiger charge is 2.38. The molecular formula is C22H20O7. The van der Waals surface area contributed by atoms with E-state index < -0.39 is 29.0 Å². The molecule has 0 atom stereocenters. The van der Waals surface area contributed by atoms with E-state index in [2.05, 4.69) is 4.74 Å². The summed E-state index contributed by atoms with van der Waals surface area (Å²) in [5, 5.41) is 31.6. The number of fused-ring (bicyclic) bond motifs is 2. The molecule has 0 saturated carbocycles. The Morgan fingerprint density at radius 2 is 1.59 bits per heavy atom. The van der Waals surface area contributed by atoms with Crippen LogP contribution in [0.5, 0.6) is 17.2 Å². The van der Waals surface area contributed by atoms with Gasteiger partial charge in [0.2, 0.25) is 5.78 Å². The molecule has 0 aromatic heterocycles. The molecule has 2 aromatic carbocycles. The minimum Gasteiger partial charge on any atom is -0.507 e. The summed E-state index contributed by atoms with van der Waals surface area (Å²) in [6, 6.07) is 2.46. The van der Waals surface area contributed by atoms with E-state index in [1.807, 2.05) is 13.8 Å². The van der Waals surface area contributed by atoms with Crippen molar-refractivity contribution in [3.63, 3.8) is 0 Å². The Hall–Kier alpha value is -3.61. The standard InChI is InChI=1S/C22H20O7/c1-9(2)5-6-11-14(23)8-13-16(19(11)25)21(27)17-12(18(13)24)7-10(3)15(20(17)26)22(28)29-4/h5,7-8,23,25-26H,6H2,1-4H3. The van der Waals surface area contributed by atoms with Gasteiger partial charge in [0.15, 0.2) is 5.78 Å². The van der Waals surface area contributed by atoms with Gasteiger partial charge in [-0.1, -0.05) is 11.6 Å². The fourth-order valence-electron chi connectivity index (χ4n) is 3.45. The van der Waals surface area contributed by atoms with E-state index in [1.165, 1.54) is 13.0 Å². The van der Waals surface area contributed by atoms with Gasteiger partial charge in [0.05, 0.1) is 18.2 Å². The molecule has 7 heteroatoms. The first-order chi connectivity index (χ1) is 13.6. The van der Waals surface area contributed by atoms with Crippen LogP contribution in [0.3, 0.4) is 0 Å². The molecule has 29 heavy (non-hydrogen) atoms. The Bertz CT molecular complexity index is 1120. The second kappa shape index (κ2) is 7.09. The quantitative estimate of drug-likeness (QED) is 0.459. The zero-order valence-corrected chi connectivity index (χ0v) is 16.4. The Kier molecular flexibility index (Phi) is 4.92. The number of rotatable bonds is 3. The topological polar surface area (TPSA) is 121 Å². The molecule has 0 aliphatic heterocycles. The summed E-state index contributed by atoms with van der Waals surface area (Å²) >= 11 is 0. The fourth-order valence-corrected chi connectivity index (χ4v) is 3.45. The summed E-state index contributed by atoms with van der Waals surface area (Å²) in [6.07, 6.45) is 1.90. The zero-order chi connectivity index (χ0) is 21.6. The van der Waals surface area contributed by atoms with Gasteiger partial charge in [-0.05, 0) is 44.9 Å². The molecule has 1 aliphatic rings. The number of carbonyl (C=O) groups excluding carboxylic acids is 3. The predicted octanol–water partition coefficient (Wildman–Crippen LogP) is 3.18. The minimum absolute atomic E-state index is 0.0920. The first-order valence-corrected chi connectivity index (χ1v) is 8.85. The van der Waals surface area contributed by atoms with Gasteiger partial charge in [-0.3, -0.25) is 9.59 Å². The van der Waals surface area contributed by atoms with Crippen molar-refractivity contribution in [2.24, 2.45) is 0 Å². The van der Waals surface area contributed by atoms with E-state index in [1.54, 1.807) is 6.08 Å². The lowest BCUT2D eigenvalue weighted by molar-refractivity contribution is 0.0596. The Morgan fingerprint density at radius 3 is 2.17 bits per heavy atom. The second-order valence-electron chi connectivity index (χ2n) is 7.12. The van der Waals surface area contributed by atoms with Crippen LogP contribution in [0.25, 0.3) is 0 Å². The average Bonchev–Trinajstić information content (AvgIpc) is 2.64. The Morgan fingerprint density at radius 1 is 1.00 bits per heavy atom. The number of hydrogen-bond donors (Lipinski definition) is 3. The largest absolute Gasteiger partial charge is 0.507 e. The molecule has 0 unspecified atom stereocenters. The van der Waals surface area contributed by atoms with Gasteiger partial charge in [-0.15, -0.1) is 0 Å². The zero-order valence-electron chi connectivity index (χ0n) is 16.4. The van der Waals surface area contributed by atoms with Gasteiger partial charge in [0.1, 0.15) is 22.8 Å². The van der Waals surface area contributed by atoms with Crippen molar-refractivity contribution in [3.8, 4) is 17.2 Å². The molecule has 3 rings (SSSR count). The first kappa shape index (κ1) is 20.1. The lowest BCUT2D eigenvalue weighted by Crippen LogP contribution is -2.23. The van der Waals surface area contributed by atoms with Crippen LogP contribution in [-0.4, -0.2) is 40.0 Å². The van der Waals surface area contributed by atoms with Gasteiger partial charge in [-0.25, -0.2) is 4.79 Å². The molecule has 0 bridgehead atoms. The molecule has 0 amide bonds. The van der Waals surface area contributed by atoms with Crippen molar-refractivity contribution in [3.05, 3.63) is 62.7 Å². The van der Waals surface area contributed by atoms with Crippen molar-refractivity contribution < 1.29 is 34.4 Å². The molecule has 3 N–H and O–H groups in total. The third kappa shape index (κ3) is 3.04. The van der Waals surface area contributed by atoms with E-state index in [0.717, 1.165) is 18.7 Å². The molecular weight excluding hydrogens is 376 g/mol. The van der Waals surface area contributed by atoms with E-state index in [9.17, 15) is 29.7 Å². The second-order valence-corrected chi connectivity index (χ2v) is 7.12. The summed E-state index contributed by atoms with van der Waals surface area (Å²) in [6.45, 7) is 5.18. The van der Waals surface area contributed by atoms with Crippen molar-refractivity contribution >= 4 is 17.5 Å². The third-order valence-corrected chi connectivity index (χ3v) is 4.93. The van der Waals surface area contributed by atoms with Crippen LogP contribution in [0.4, 0.5) is 0 Å². The van der Waals surface area contributed by atoms with E-state index in [4.69, 9.17) is 0 Å². The van der Waals surface area contributed by atoms with Crippen molar-refractivity contribution in [2.75, 3.05) is 7.11 Å². The summed E-state index contributed by atoms with van der Waals surface area (Å²) in [7, 11) is 1.13. The molecule has 2 aromatic rings. The summed E-state index contributed by atoms with van der Waals surface area (Å²) in [5.41, 5.74) is 0.101. The van der Waals surface area contributed by atoms with E-state index in [0.29, 0.717) is 0 Å². The van der Waals surface area contributed by atoms with Crippen LogP contribution in [0.2, 0.25) is 0 Å². The summed E-state index contributed by atoms with van der Waals surface area (Å²) in [5.74, 6) is -3.82. The fraction of sp³-hybridized carbons (Fsp3) is 0.227. The maximum Gasteiger partial charge on any atom is 0.341 e. The van der Waals surface area contributed by atoms with Crippen molar-refractivity contribution in [2.45, 2.75) is 27.2 Å². The van der Waals surface area contributed by atoms with Crippen LogP contribution in [0, 0.1) is 6.92 Å². The summed E-state index contributed by atoms with van der Waals surface area (Å²) in [4.78, 5) is 38.1. The highest BCUT2D eigenvalue weighted by molar-refractivity contribution is 6.31. The number of aryl methyl sites for hydroxylation is 1. The number of hydrogen-bond acceptors (Lipinski definition) is 7. The van der Waals surface area contributed by atoms with E-state index in [-0.39, 0.29) is 51.1 Å². The first-order valence-electron chi connectivity index (χ1n) is 8.85. The van der Waals surface area contributed by atoms with Crippen molar-refractivity contribution in [1.29, 1.82) is 0 Å². The van der Waals surface area contributed by atoms with Crippen LogP contribution < -0.4 is 0 Å². The van der Waals surface area contributed by atoms with Gasteiger partial charge in [0.25, 0.3) is 0 Å². The van der Waals surface area contributed by atoms with Gasteiger partial charge in [0, 0.05) is 16.7 Å². The highest BCUT2D eigenvalue weighted by atomic mass is 16.5. The number of ether oxygens (including phenoxy) is 1. The molecule has 7 nitrogen and oxygen atoms in total. The monoisotopic (exact) mass is 396 g/mol. The molecule has 0 fully saturated rings. The average molecular weight is 396 g/mol. The number of phenolic OH excluding ortho intramolecular Hbond substituents is 3. The maximum atomic E-state index is 13.1. The van der Waals surface area contributed by atoms with Crippen molar-refractivity contribution in [1.82, 2.24) is 0 Å². The lowest BCUT2D eigenvalue weighted by Gasteiger charge is -2.23. The summed E-state index contributed by atoms with van der Waals surface area (Å²) < 4.78 is 4.65. The molecule has 150 valence electrons. The number of carbonyl (C=O) groups is 3. The van der Waals surface area contributed by atoms with E-state index >= 15 is 0 Å². The Balaban J connectivity index is 2.30. The molecule has 1 aliphatic carbocycles. The lowest BCUT2D eigenvalue weighted by atomic mass is 9.80. The Labute approximate surface area is 166 Å². The minimum atomic E-state index is -0.854. The van der Waals surface area contributed by atoms with Gasteiger partial charge < -0.3 is 20.1 Å². The number of aromatic hydroxyl groups is 3. The maximum absolute atomic E-state index is 13.1. The number of benzene rings is 2. The molecule has 0 radical (unpaired) electrons. The van der Waals surface area contributed by atoms with Gasteiger partial charge >= 0.3 is 5.97 Å². The number of phenols is 3. The highest BCUT2D eigenvalue weighted by Crippen LogP contribution is 2.43. The third-order valence-electron chi connectivity index (χ3n) is 4.93. The smallest absolute Gasteiger partial charge is 0.341 e. The van der Waals surface area contributed by atoms with Gasteiger partial charge in [-0.2, -0.15) is 0 Å². The molecule has 0 heterocycles. The number of esters is 1. The van der Waals surface area contributed by atoms with Crippen LogP contribution >= 0.6 is 0 Å². The molecule has 0 spiro atoms. The number of allylic oxidation sites excluding steroid dienone is 2. The predicted molar refractivity (Wildman–Crippen MR) is 104 cm³/mol. The SMILES string of the molecule is COC(=O)c1c(C)cc2c(c1O)C(=O)c1c(cc(O)c(CC=C(C)C)c1O)C2=O. The van der Waals surface area contributed by atoms with Crippen LogP contribution in [0.1, 0.15) is 67.2 Å². The van der Waals surface area contributed by atoms with Crippen LogP contribution in [-0.2, 0) is 11.2 Å². The number of methoxy groups -OCH3 is 1. The number of ketones is 2. The van der Waals surface area contributed by atoms with Crippen LogP contribution in [0.15, 0.2) is 23.8 Å². The molecule has 0 saturated heterocycles.